The number of nitrogens with one attached hydrogen (secondary N) is 1. The number of nitro groups is 1. The molecule has 0 radical (unpaired) electrons. The van der Waals surface area contributed by atoms with Gasteiger partial charge in [-0.2, -0.15) is 0 Å². The molecule has 0 saturated carbocycles. The minimum absolute atomic E-state index is 0.0346. The molecule has 0 spiro atoms. The average Bonchev–Trinajstić information content (AvgIpc) is 3.36. The fraction of sp³-hybridized carbons (Fsp3) is 0.227. The summed E-state index contributed by atoms with van der Waals surface area (Å²) >= 11 is 0.854. The van der Waals surface area contributed by atoms with Gasteiger partial charge in [-0.25, -0.2) is 4.79 Å². The number of primary amides is 1. The van der Waals surface area contributed by atoms with Crippen molar-refractivity contribution in [1.82, 2.24) is 0 Å². The molecule has 3 rings (SSSR count). The van der Waals surface area contributed by atoms with Gasteiger partial charge in [0, 0.05) is 6.07 Å². The third kappa shape index (κ3) is 5.41. The van der Waals surface area contributed by atoms with E-state index in [0.29, 0.717) is 5.56 Å². The number of amides is 2. The average molecular weight is 487 g/mol. The highest BCUT2D eigenvalue weighted by Crippen LogP contribution is 2.34. The number of furan rings is 1. The molecule has 0 aliphatic rings. The first kappa shape index (κ1) is 24.5. The molecule has 2 amide bonds. The Bertz CT molecular complexity index is 1260. The quantitative estimate of drug-likeness (QED) is 0.259. The second kappa shape index (κ2) is 10.2. The monoisotopic (exact) mass is 487 g/mol. The molecule has 0 saturated heterocycles. The fourth-order valence-electron chi connectivity index (χ4n) is 2.98. The van der Waals surface area contributed by atoms with Gasteiger partial charge in [0.05, 0.1) is 21.5 Å². The van der Waals surface area contributed by atoms with Crippen LogP contribution in [0, 0.1) is 17.0 Å². The van der Waals surface area contributed by atoms with Crippen LogP contribution >= 0.6 is 11.3 Å². The molecule has 34 heavy (non-hydrogen) atoms. The van der Waals surface area contributed by atoms with E-state index in [0.717, 1.165) is 11.3 Å². The van der Waals surface area contributed by atoms with Crippen molar-refractivity contribution < 1.29 is 33.2 Å². The zero-order valence-corrected chi connectivity index (χ0v) is 19.3. The van der Waals surface area contributed by atoms with E-state index in [1.807, 2.05) is 0 Å². The Balaban J connectivity index is 1.77. The highest BCUT2D eigenvalue weighted by Gasteiger charge is 2.27. The predicted octanol–water partition coefficient (Wildman–Crippen LogP) is 4.05. The van der Waals surface area contributed by atoms with Gasteiger partial charge < -0.3 is 24.9 Å². The molecule has 178 valence electrons. The number of hydrogen-bond acceptors (Lipinski definition) is 9. The summed E-state index contributed by atoms with van der Waals surface area (Å²) in [5, 5.41) is 13.7. The van der Waals surface area contributed by atoms with E-state index in [2.05, 4.69) is 5.32 Å². The summed E-state index contributed by atoms with van der Waals surface area (Å²) in [5.74, 6) is -1.94. The van der Waals surface area contributed by atoms with E-state index in [9.17, 15) is 24.5 Å². The first-order valence-electron chi connectivity index (χ1n) is 9.99. The minimum atomic E-state index is -0.742. The van der Waals surface area contributed by atoms with Crippen LogP contribution in [0.2, 0.25) is 0 Å². The minimum Gasteiger partial charge on any atom is -0.479 e. The number of nitrogens with two attached hydrogens (primary N) is 1. The van der Waals surface area contributed by atoms with Gasteiger partial charge in [0.2, 0.25) is 0 Å². The maximum Gasteiger partial charge on any atom is 0.341 e. The van der Waals surface area contributed by atoms with Gasteiger partial charge in [-0.3, -0.25) is 19.7 Å². The van der Waals surface area contributed by atoms with E-state index in [-0.39, 0.29) is 45.0 Å². The smallest absolute Gasteiger partial charge is 0.341 e. The second-order valence-corrected chi connectivity index (χ2v) is 8.33. The summed E-state index contributed by atoms with van der Waals surface area (Å²) in [5.41, 5.74) is 5.52. The van der Waals surface area contributed by atoms with Gasteiger partial charge in [-0.05, 0) is 44.5 Å². The van der Waals surface area contributed by atoms with Crippen molar-refractivity contribution in [3.8, 4) is 5.75 Å². The van der Waals surface area contributed by atoms with Crippen molar-refractivity contribution in [2.45, 2.75) is 33.5 Å². The Labute approximate surface area is 197 Å². The summed E-state index contributed by atoms with van der Waals surface area (Å²) in [6.45, 7) is 4.72. The van der Waals surface area contributed by atoms with E-state index in [1.54, 1.807) is 19.9 Å². The number of esters is 1. The first-order valence-corrected chi connectivity index (χ1v) is 10.8. The van der Waals surface area contributed by atoms with Crippen LogP contribution in [0.25, 0.3) is 0 Å². The SMILES string of the molecule is Cc1c(C(N)=O)sc(NC(=O)c2ccc(COc3ccccc3[N+](=O)[O-])o2)c1C(=O)OC(C)C. The van der Waals surface area contributed by atoms with Crippen molar-refractivity contribution >= 4 is 39.8 Å². The van der Waals surface area contributed by atoms with E-state index < -0.39 is 28.8 Å². The molecule has 3 N–H and O–H groups in total. The van der Waals surface area contributed by atoms with Crippen molar-refractivity contribution in [2.24, 2.45) is 5.73 Å². The van der Waals surface area contributed by atoms with Crippen LogP contribution in [-0.2, 0) is 11.3 Å². The molecule has 3 aromatic rings. The number of carbonyl (C=O) groups is 3. The van der Waals surface area contributed by atoms with Crippen LogP contribution in [0.1, 0.15) is 55.8 Å². The Morgan fingerprint density at radius 2 is 1.91 bits per heavy atom. The zero-order valence-electron chi connectivity index (χ0n) is 18.4. The molecular weight excluding hydrogens is 466 g/mol. The summed E-state index contributed by atoms with van der Waals surface area (Å²) < 4.78 is 16.1. The van der Waals surface area contributed by atoms with E-state index >= 15 is 0 Å². The third-order valence-electron chi connectivity index (χ3n) is 4.46. The standard InChI is InChI=1S/C22H21N3O8S/c1-11(2)32-22(28)17-12(3)18(19(23)26)34-21(17)24-20(27)16-9-8-13(33-16)10-31-15-7-5-4-6-14(15)25(29)30/h4-9,11H,10H2,1-3H3,(H2,23,26)(H,24,27). The molecule has 11 nitrogen and oxygen atoms in total. The maximum absolute atomic E-state index is 12.7. The second-order valence-electron chi connectivity index (χ2n) is 7.31. The van der Waals surface area contributed by atoms with Crippen LogP contribution < -0.4 is 15.8 Å². The number of hydrogen-bond donors (Lipinski definition) is 2. The molecule has 0 aliphatic carbocycles. The molecule has 0 atom stereocenters. The molecule has 2 aromatic heterocycles. The third-order valence-corrected chi connectivity index (χ3v) is 5.68. The number of benzene rings is 1. The topological polar surface area (TPSA) is 164 Å². The number of para-hydroxylation sites is 2. The van der Waals surface area contributed by atoms with Crippen LogP contribution in [0.4, 0.5) is 10.7 Å². The van der Waals surface area contributed by atoms with Gasteiger partial charge in [0.15, 0.2) is 11.5 Å². The van der Waals surface area contributed by atoms with Crippen molar-refractivity contribution in [3.63, 3.8) is 0 Å². The summed E-state index contributed by atoms with van der Waals surface area (Å²) in [7, 11) is 0. The van der Waals surface area contributed by atoms with Gasteiger partial charge in [-0.15, -0.1) is 11.3 Å². The van der Waals surface area contributed by atoms with Gasteiger partial charge >= 0.3 is 11.7 Å². The number of nitro benzene ring substituents is 1. The van der Waals surface area contributed by atoms with Crippen LogP contribution in [0.3, 0.4) is 0 Å². The highest BCUT2D eigenvalue weighted by molar-refractivity contribution is 7.18. The number of nitrogens with zero attached hydrogens (tertiary/aromatic N) is 1. The number of carbonyl (C=O) groups excluding carboxylic acids is 3. The summed E-state index contributed by atoms with van der Waals surface area (Å²) in [6, 6.07) is 8.72. The van der Waals surface area contributed by atoms with Gasteiger partial charge in [-0.1, -0.05) is 12.1 Å². The van der Waals surface area contributed by atoms with Crippen molar-refractivity contribution in [3.05, 3.63) is 74.0 Å². The Morgan fingerprint density at radius 3 is 2.56 bits per heavy atom. The lowest BCUT2D eigenvalue weighted by Gasteiger charge is -2.10. The zero-order chi connectivity index (χ0) is 25.0. The Morgan fingerprint density at radius 1 is 1.21 bits per heavy atom. The van der Waals surface area contributed by atoms with E-state index in [4.69, 9.17) is 19.6 Å². The van der Waals surface area contributed by atoms with Crippen LogP contribution in [0.15, 0.2) is 40.8 Å². The van der Waals surface area contributed by atoms with Gasteiger partial charge in [0.25, 0.3) is 11.8 Å². The van der Waals surface area contributed by atoms with Crippen molar-refractivity contribution in [1.29, 1.82) is 0 Å². The molecule has 1 aromatic carbocycles. The maximum atomic E-state index is 12.7. The molecule has 0 unspecified atom stereocenters. The molecule has 12 heteroatoms. The molecular formula is C22H21N3O8S. The molecule has 0 fully saturated rings. The normalized spacial score (nSPS) is 10.7. The van der Waals surface area contributed by atoms with Crippen LogP contribution in [0.5, 0.6) is 5.75 Å². The van der Waals surface area contributed by atoms with Crippen molar-refractivity contribution in [2.75, 3.05) is 5.32 Å². The highest BCUT2D eigenvalue weighted by atomic mass is 32.1. The largest absolute Gasteiger partial charge is 0.479 e. The Hall–Kier alpha value is -4.19. The number of thiophene rings is 1. The molecule has 0 aliphatic heterocycles. The lowest BCUT2D eigenvalue weighted by Crippen LogP contribution is -2.17. The van der Waals surface area contributed by atoms with Gasteiger partial charge in [0.1, 0.15) is 17.4 Å². The molecule has 0 bridgehead atoms. The van der Waals surface area contributed by atoms with E-state index in [1.165, 1.54) is 37.3 Å². The molecule has 2 heterocycles. The number of ether oxygens (including phenoxy) is 2. The number of anilines is 1. The number of rotatable bonds is 9. The lowest BCUT2D eigenvalue weighted by atomic mass is 10.1. The summed E-state index contributed by atoms with van der Waals surface area (Å²) in [6.07, 6.45) is -0.416. The lowest BCUT2D eigenvalue weighted by molar-refractivity contribution is -0.386. The van der Waals surface area contributed by atoms with Crippen LogP contribution in [-0.4, -0.2) is 28.8 Å². The Kier molecular flexibility index (Phi) is 7.31. The predicted molar refractivity (Wildman–Crippen MR) is 122 cm³/mol. The summed E-state index contributed by atoms with van der Waals surface area (Å²) in [4.78, 5) is 47.7. The first-order chi connectivity index (χ1) is 16.1. The fourth-order valence-corrected chi connectivity index (χ4v) is 4.02.